The van der Waals surface area contributed by atoms with Crippen LogP contribution in [0.3, 0.4) is 0 Å². The number of allylic oxidation sites excluding steroid dienone is 1. The number of nitrogens with one attached hydrogen (secondary N) is 1. The van der Waals surface area contributed by atoms with Gasteiger partial charge in [-0.25, -0.2) is 0 Å². The fourth-order valence-electron chi connectivity index (χ4n) is 1.39. The molecule has 2 unspecified atom stereocenters. The molecule has 0 saturated heterocycles. The molecule has 2 nitrogen and oxygen atoms in total. The summed E-state index contributed by atoms with van der Waals surface area (Å²) in [5.74, 6) is 0.217. The van der Waals surface area contributed by atoms with Crippen LogP contribution in [0.4, 0.5) is 0 Å². The van der Waals surface area contributed by atoms with Crippen LogP contribution in [0.1, 0.15) is 33.1 Å². The van der Waals surface area contributed by atoms with Crippen LogP contribution in [-0.2, 0) is 4.79 Å². The van der Waals surface area contributed by atoms with Crippen LogP contribution < -0.4 is 5.32 Å². The van der Waals surface area contributed by atoms with E-state index in [0.29, 0.717) is 6.04 Å². The van der Waals surface area contributed by atoms with Crippen molar-refractivity contribution in [2.75, 3.05) is 0 Å². The molecule has 0 aromatic heterocycles. The van der Waals surface area contributed by atoms with Crippen molar-refractivity contribution in [2.45, 2.75) is 45.2 Å². The summed E-state index contributed by atoms with van der Waals surface area (Å²) in [4.78, 5) is 10.9. The fraction of sp³-hybridized carbons (Fsp3) is 0.700. The van der Waals surface area contributed by atoms with Crippen LogP contribution in [0.5, 0.6) is 0 Å². The second kappa shape index (κ2) is 4.41. The van der Waals surface area contributed by atoms with Gasteiger partial charge in [-0.3, -0.25) is 4.79 Å². The number of Topliss-reactive ketones (excluding diaryl/α,β-unsaturated/α-hetero) is 1. The smallest absolute Gasteiger partial charge is 0.146 e. The van der Waals surface area contributed by atoms with Crippen LogP contribution in [0.25, 0.3) is 0 Å². The average molecular weight is 167 g/mol. The maximum Gasteiger partial charge on any atom is 0.146 e. The Hall–Kier alpha value is -0.630. The second-order valence-electron chi connectivity index (χ2n) is 3.46. The van der Waals surface area contributed by atoms with Gasteiger partial charge >= 0.3 is 0 Å². The summed E-state index contributed by atoms with van der Waals surface area (Å²) in [5.41, 5.74) is 0. The highest BCUT2D eigenvalue weighted by Crippen LogP contribution is 2.10. The fourth-order valence-corrected chi connectivity index (χ4v) is 1.39. The Kier molecular flexibility index (Phi) is 3.48. The molecule has 1 aliphatic carbocycles. The van der Waals surface area contributed by atoms with Gasteiger partial charge in [0.1, 0.15) is 5.78 Å². The Morgan fingerprint density at radius 3 is 2.92 bits per heavy atom. The minimum atomic E-state index is -0.00208. The first-order valence-corrected chi connectivity index (χ1v) is 4.63. The first-order valence-electron chi connectivity index (χ1n) is 4.63. The summed E-state index contributed by atoms with van der Waals surface area (Å²) in [6, 6.07) is 0.412. The van der Waals surface area contributed by atoms with E-state index in [1.807, 2.05) is 6.92 Å². The number of ketones is 1. The summed E-state index contributed by atoms with van der Waals surface area (Å²) in [6.45, 7) is 3.55. The van der Waals surface area contributed by atoms with Gasteiger partial charge in [-0.15, -0.1) is 0 Å². The SMILES string of the molecule is CC(=O)C(C)NC1C=CCCC1. The van der Waals surface area contributed by atoms with E-state index in [4.69, 9.17) is 0 Å². The lowest BCUT2D eigenvalue weighted by atomic mass is 10.0. The zero-order valence-electron chi connectivity index (χ0n) is 7.84. The van der Waals surface area contributed by atoms with Crippen molar-refractivity contribution in [1.29, 1.82) is 0 Å². The average Bonchev–Trinajstić information content (AvgIpc) is 2.06. The van der Waals surface area contributed by atoms with Crippen LogP contribution in [0.15, 0.2) is 12.2 Å². The summed E-state index contributed by atoms with van der Waals surface area (Å²) in [5, 5.41) is 3.28. The second-order valence-corrected chi connectivity index (χ2v) is 3.46. The third-order valence-electron chi connectivity index (χ3n) is 2.33. The van der Waals surface area contributed by atoms with E-state index in [-0.39, 0.29) is 11.8 Å². The van der Waals surface area contributed by atoms with Crippen molar-refractivity contribution >= 4 is 5.78 Å². The third kappa shape index (κ3) is 2.78. The Morgan fingerprint density at radius 1 is 1.67 bits per heavy atom. The predicted molar refractivity (Wildman–Crippen MR) is 50.1 cm³/mol. The molecule has 0 spiro atoms. The first-order chi connectivity index (χ1) is 5.70. The van der Waals surface area contributed by atoms with Gasteiger partial charge in [-0.1, -0.05) is 12.2 Å². The van der Waals surface area contributed by atoms with Crippen LogP contribution in [0, 0.1) is 0 Å². The summed E-state index contributed by atoms with van der Waals surface area (Å²) in [7, 11) is 0. The Bertz CT molecular complexity index is 186. The minimum Gasteiger partial charge on any atom is -0.301 e. The molecule has 2 atom stereocenters. The molecular weight excluding hydrogens is 150 g/mol. The van der Waals surface area contributed by atoms with Crippen molar-refractivity contribution in [3.8, 4) is 0 Å². The van der Waals surface area contributed by atoms with Crippen LogP contribution in [0.2, 0.25) is 0 Å². The molecule has 12 heavy (non-hydrogen) atoms. The van der Waals surface area contributed by atoms with Gasteiger partial charge < -0.3 is 5.32 Å². The molecule has 0 heterocycles. The molecule has 0 aromatic carbocycles. The lowest BCUT2D eigenvalue weighted by molar-refractivity contribution is -0.118. The minimum absolute atomic E-state index is 0.00208. The highest BCUT2D eigenvalue weighted by Gasteiger charge is 2.13. The Balaban J connectivity index is 2.34. The molecule has 0 fully saturated rings. The van der Waals surface area contributed by atoms with Gasteiger partial charge in [0.05, 0.1) is 6.04 Å². The van der Waals surface area contributed by atoms with E-state index in [2.05, 4.69) is 17.5 Å². The molecule has 1 aliphatic rings. The van der Waals surface area contributed by atoms with E-state index in [1.54, 1.807) is 6.92 Å². The van der Waals surface area contributed by atoms with Crippen LogP contribution in [-0.4, -0.2) is 17.9 Å². The van der Waals surface area contributed by atoms with Crippen molar-refractivity contribution < 1.29 is 4.79 Å². The molecule has 0 aromatic rings. The standard InChI is InChI=1S/C10H17NO/c1-8(9(2)12)11-10-6-4-3-5-7-10/h4,6,8,10-11H,3,5,7H2,1-2H3. The predicted octanol–water partition coefficient (Wildman–Crippen LogP) is 1.66. The lowest BCUT2D eigenvalue weighted by Crippen LogP contribution is -2.40. The molecule has 1 N–H and O–H groups in total. The van der Waals surface area contributed by atoms with Crippen molar-refractivity contribution in [1.82, 2.24) is 5.32 Å². The summed E-state index contributed by atoms with van der Waals surface area (Å²) < 4.78 is 0. The van der Waals surface area contributed by atoms with Gasteiger partial charge in [-0.2, -0.15) is 0 Å². The first kappa shape index (κ1) is 9.46. The molecular formula is C10H17NO. The van der Waals surface area contributed by atoms with Crippen molar-refractivity contribution in [3.05, 3.63) is 12.2 Å². The number of carbonyl (C=O) groups is 1. The number of carbonyl (C=O) groups excluding carboxylic acids is 1. The maximum absolute atomic E-state index is 10.9. The molecule has 0 radical (unpaired) electrons. The number of hydrogen-bond donors (Lipinski definition) is 1. The molecule has 2 heteroatoms. The molecule has 68 valence electrons. The molecule has 0 aliphatic heterocycles. The van der Waals surface area contributed by atoms with Gasteiger partial charge in [0, 0.05) is 6.04 Å². The highest BCUT2D eigenvalue weighted by atomic mass is 16.1. The van der Waals surface area contributed by atoms with Crippen LogP contribution >= 0.6 is 0 Å². The largest absolute Gasteiger partial charge is 0.301 e. The zero-order chi connectivity index (χ0) is 8.97. The Morgan fingerprint density at radius 2 is 2.42 bits per heavy atom. The summed E-state index contributed by atoms with van der Waals surface area (Å²) >= 11 is 0. The topological polar surface area (TPSA) is 29.1 Å². The van der Waals surface area contributed by atoms with E-state index in [0.717, 1.165) is 6.42 Å². The maximum atomic E-state index is 10.9. The Labute approximate surface area is 74.0 Å². The molecule has 0 bridgehead atoms. The number of hydrogen-bond acceptors (Lipinski definition) is 2. The summed E-state index contributed by atoms with van der Waals surface area (Å²) in [6.07, 6.45) is 7.94. The van der Waals surface area contributed by atoms with Gasteiger partial charge in [0.15, 0.2) is 0 Å². The van der Waals surface area contributed by atoms with Gasteiger partial charge in [0.2, 0.25) is 0 Å². The normalized spacial score (nSPS) is 25.3. The van der Waals surface area contributed by atoms with E-state index in [1.165, 1.54) is 12.8 Å². The van der Waals surface area contributed by atoms with E-state index >= 15 is 0 Å². The van der Waals surface area contributed by atoms with E-state index < -0.39 is 0 Å². The zero-order valence-corrected chi connectivity index (χ0v) is 7.84. The van der Waals surface area contributed by atoms with Crippen molar-refractivity contribution in [2.24, 2.45) is 0 Å². The van der Waals surface area contributed by atoms with E-state index in [9.17, 15) is 4.79 Å². The monoisotopic (exact) mass is 167 g/mol. The van der Waals surface area contributed by atoms with Gasteiger partial charge in [0.25, 0.3) is 0 Å². The molecule has 0 amide bonds. The number of rotatable bonds is 3. The third-order valence-corrected chi connectivity index (χ3v) is 2.33. The van der Waals surface area contributed by atoms with Crippen molar-refractivity contribution in [3.63, 3.8) is 0 Å². The molecule has 0 saturated carbocycles. The van der Waals surface area contributed by atoms with Gasteiger partial charge in [-0.05, 0) is 33.1 Å². The highest BCUT2D eigenvalue weighted by molar-refractivity contribution is 5.80. The lowest BCUT2D eigenvalue weighted by Gasteiger charge is -2.21. The quantitative estimate of drug-likeness (QED) is 0.648. The molecule has 1 rings (SSSR count).